The number of benzene rings is 1. The third kappa shape index (κ3) is 2.58. The average Bonchev–Trinajstić information content (AvgIpc) is 2.66. The molecule has 2 aromatic rings. The van der Waals surface area contributed by atoms with E-state index in [0.717, 1.165) is 18.7 Å². The Bertz CT molecular complexity index is 516. The summed E-state index contributed by atoms with van der Waals surface area (Å²) >= 11 is 0. The Morgan fingerprint density at radius 1 is 1.35 bits per heavy atom. The van der Waals surface area contributed by atoms with E-state index in [4.69, 9.17) is 0 Å². The van der Waals surface area contributed by atoms with Crippen molar-refractivity contribution >= 4 is 11.0 Å². The second-order valence-corrected chi connectivity index (χ2v) is 3.69. The molecular weight excluding hydrogens is 231 g/mol. The predicted molar refractivity (Wildman–Crippen MR) is 58.5 cm³/mol. The van der Waals surface area contributed by atoms with Crippen molar-refractivity contribution in [2.75, 3.05) is 6.54 Å². The van der Waals surface area contributed by atoms with Gasteiger partial charge in [0.25, 0.3) is 0 Å². The van der Waals surface area contributed by atoms with E-state index < -0.39 is 11.7 Å². The molecule has 0 aliphatic rings. The van der Waals surface area contributed by atoms with E-state index in [9.17, 15) is 13.2 Å². The zero-order valence-corrected chi connectivity index (χ0v) is 9.23. The van der Waals surface area contributed by atoms with Crippen molar-refractivity contribution in [3.05, 3.63) is 29.6 Å². The van der Waals surface area contributed by atoms with E-state index >= 15 is 0 Å². The van der Waals surface area contributed by atoms with E-state index in [0.29, 0.717) is 23.4 Å². The first-order valence-electron chi connectivity index (χ1n) is 5.27. The minimum absolute atomic E-state index is 0.410. The molecular formula is C11H12F3N3. The van der Waals surface area contributed by atoms with Gasteiger partial charge in [-0.2, -0.15) is 13.2 Å². The van der Waals surface area contributed by atoms with Crippen LogP contribution < -0.4 is 5.32 Å². The van der Waals surface area contributed by atoms with E-state index in [1.54, 1.807) is 0 Å². The fourth-order valence-corrected chi connectivity index (χ4v) is 1.57. The van der Waals surface area contributed by atoms with Gasteiger partial charge in [0.2, 0.25) is 0 Å². The lowest BCUT2D eigenvalue weighted by Crippen LogP contribution is -2.12. The van der Waals surface area contributed by atoms with Crippen LogP contribution in [-0.2, 0) is 12.7 Å². The number of nitrogens with zero attached hydrogens (tertiary/aromatic N) is 1. The van der Waals surface area contributed by atoms with Crippen LogP contribution in [0.25, 0.3) is 11.0 Å². The van der Waals surface area contributed by atoms with Crippen molar-refractivity contribution < 1.29 is 13.2 Å². The van der Waals surface area contributed by atoms with Gasteiger partial charge in [0, 0.05) is 0 Å². The molecule has 0 fully saturated rings. The summed E-state index contributed by atoms with van der Waals surface area (Å²) in [6, 6.07) is 3.50. The highest BCUT2D eigenvalue weighted by atomic mass is 19.4. The standard InChI is InChI=1S/C11H12F3N3/c1-2-15-6-10-16-8-4-3-7(11(12,13)14)5-9(8)17-10/h3-5,15H,2,6H2,1H3,(H,16,17). The summed E-state index contributed by atoms with van der Waals surface area (Å²) in [6.07, 6.45) is -4.32. The summed E-state index contributed by atoms with van der Waals surface area (Å²) in [6.45, 7) is 3.25. The van der Waals surface area contributed by atoms with E-state index in [-0.39, 0.29) is 0 Å². The first-order chi connectivity index (χ1) is 8.00. The topological polar surface area (TPSA) is 40.7 Å². The summed E-state index contributed by atoms with van der Waals surface area (Å²) in [7, 11) is 0. The number of hydrogen-bond donors (Lipinski definition) is 2. The molecule has 0 bridgehead atoms. The van der Waals surface area contributed by atoms with Crippen LogP contribution in [0.2, 0.25) is 0 Å². The SMILES string of the molecule is CCNCc1nc2ccc(C(F)(F)F)cc2[nH]1. The van der Waals surface area contributed by atoms with Crippen LogP contribution in [0.1, 0.15) is 18.3 Å². The number of rotatable bonds is 3. The number of hydrogen-bond acceptors (Lipinski definition) is 2. The molecule has 0 aliphatic carbocycles. The fourth-order valence-electron chi connectivity index (χ4n) is 1.57. The minimum Gasteiger partial charge on any atom is -0.341 e. The minimum atomic E-state index is -4.32. The summed E-state index contributed by atoms with van der Waals surface area (Å²) in [4.78, 5) is 7.06. The van der Waals surface area contributed by atoms with E-state index in [2.05, 4.69) is 15.3 Å². The Morgan fingerprint density at radius 3 is 2.76 bits per heavy atom. The molecule has 0 amide bonds. The summed E-state index contributed by atoms with van der Waals surface area (Å²) in [5.41, 5.74) is 0.294. The van der Waals surface area contributed by atoms with Crippen molar-refractivity contribution in [1.29, 1.82) is 0 Å². The first-order valence-corrected chi connectivity index (χ1v) is 5.27. The molecule has 0 aliphatic heterocycles. The Labute approximate surface area is 96.0 Å². The lowest BCUT2D eigenvalue weighted by molar-refractivity contribution is -0.137. The second kappa shape index (κ2) is 4.37. The second-order valence-electron chi connectivity index (χ2n) is 3.69. The van der Waals surface area contributed by atoms with Crippen molar-refractivity contribution in [3.8, 4) is 0 Å². The summed E-state index contributed by atoms with van der Waals surface area (Å²) in [5, 5.41) is 3.05. The number of nitrogens with one attached hydrogen (secondary N) is 2. The zero-order valence-electron chi connectivity index (χ0n) is 9.23. The lowest BCUT2D eigenvalue weighted by Gasteiger charge is -2.05. The Hall–Kier alpha value is -1.56. The van der Waals surface area contributed by atoms with Gasteiger partial charge in [-0.3, -0.25) is 0 Å². The van der Waals surface area contributed by atoms with Crippen LogP contribution in [0.4, 0.5) is 13.2 Å². The van der Waals surface area contributed by atoms with Gasteiger partial charge in [-0.05, 0) is 24.7 Å². The quantitative estimate of drug-likeness (QED) is 0.870. The molecule has 2 rings (SSSR count). The normalized spacial score (nSPS) is 12.2. The molecule has 2 N–H and O–H groups in total. The maximum atomic E-state index is 12.5. The molecule has 0 unspecified atom stereocenters. The average molecular weight is 243 g/mol. The first kappa shape index (κ1) is 11.9. The molecule has 1 aromatic heterocycles. The summed E-state index contributed by atoms with van der Waals surface area (Å²) < 4.78 is 37.4. The number of aromatic nitrogens is 2. The van der Waals surface area contributed by atoms with Gasteiger partial charge in [0.1, 0.15) is 5.82 Å². The smallest absolute Gasteiger partial charge is 0.341 e. The lowest BCUT2D eigenvalue weighted by atomic mass is 10.2. The van der Waals surface area contributed by atoms with Crippen LogP contribution >= 0.6 is 0 Å². The van der Waals surface area contributed by atoms with Gasteiger partial charge in [-0.15, -0.1) is 0 Å². The molecule has 0 atom stereocenters. The number of alkyl halides is 3. The van der Waals surface area contributed by atoms with Gasteiger partial charge in [-0.25, -0.2) is 4.98 Å². The third-order valence-corrected chi connectivity index (χ3v) is 2.40. The van der Waals surface area contributed by atoms with Crippen LogP contribution in [0.3, 0.4) is 0 Å². The molecule has 6 heteroatoms. The van der Waals surface area contributed by atoms with Crippen molar-refractivity contribution in [1.82, 2.24) is 15.3 Å². The molecule has 1 heterocycles. The zero-order chi connectivity index (χ0) is 12.5. The van der Waals surface area contributed by atoms with E-state index in [1.165, 1.54) is 6.07 Å². The molecule has 0 saturated heterocycles. The van der Waals surface area contributed by atoms with Gasteiger partial charge >= 0.3 is 6.18 Å². The fraction of sp³-hybridized carbons (Fsp3) is 0.364. The molecule has 17 heavy (non-hydrogen) atoms. The van der Waals surface area contributed by atoms with Gasteiger partial charge in [-0.1, -0.05) is 6.92 Å². The van der Waals surface area contributed by atoms with Gasteiger partial charge in [0.05, 0.1) is 23.1 Å². The van der Waals surface area contributed by atoms with Crippen LogP contribution in [0, 0.1) is 0 Å². The molecule has 1 aromatic carbocycles. The maximum Gasteiger partial charge on any atom is 0.416 e. The van der Waals surface area contributed by atoms with Crippen LogP contribution in [0.5, 0.6) is 0 Å². The Kier molecular flexibility index (Phi) is 3.06. The monoisotopic (exact) mass is 243 g/mol. The largest absolute Gasteiger partial charge is 0.416 e. The van der Waals surface area contributed by atoms with Crippen molar-refractivity contribution in [3.63, 3.8) is 0 Å². The van der Waals surface area contributed by atoms with Crippen LogP contribution in [0.15, 0.2) is 18.2 Å². The number of aromatic amines is 1. The third-order valence-electron chi connectivity index (χ3n) is 2.40. The number of H-pyrrole nitrogens is 1. The molecule has 92 valence electrons. The number of fused-ring (bicyclic) bond motifs is 1. The van der Waals surface area contributed by atoms with E-state index in [1.807, 2.05) is 6.92 Å². The molecule has 0 spiro atoms. The molecule has 0 radical (unpaired) electrons. The van der Waals surface area contributed by atoms with Crippen LogP contribution in [-0.4, -0.2) is 16.5 Å². The van der Waals surface area contributed by atoms with Gasteiger partial charge < -0.3 is 10.3 Å². The number of halogens is 3. The highest BCUT2D eigenvalue weighted by Crippen LogP contribution is 2.30. The Balaban J connectivity index is 2.34. The van der Waals surface area contributed by atoms with Gasteiger partial charge in [0.15, 0.2) is 0 Å². The maximum absolute atomic E-state index is 12.5. The molecule has 3 nitrogen and oxygen atoms in total. The summed E-state index contributed by atoms with van der Waals surface area (Å²) in [5.74, 6) is 0.640. The highest BCUT2D eigenvalue weighted by molar-refractivity contribution is 5.76. The molecule has 0 saturated carbocycles. The highest BCUT2D eigenvalue weighted by Gasteiger charge is 2.30. The van der Waals surface area contributed by atoms with Crippen molar-refractivity contribution in [2.24, 2.45) is 0 Å². The van der Waals surface area contributed by atoms with Crippen molar-refractivity contribution in [2.45, 2.75) is 19.6 Å². The predicted octanol–water partition coefficient (Wildman–Crippen LogP) is 2.69. The Morgan fingerprint density at radius 2 is 2.12 bits per heavy atom. The number of imidazole rings is 1.